The summed E-state index contributed by atoms with van der Waals surface area (Å²) in [4.78, 5) is 199. The molecule has 0 bridgehead atoms. The topological polar surface area (TPSA) is 360 Å². The fraction of sp³-hybridized carbons (Fsp3) is 0.613. The number of hydrogen-bond donors (Lipinski definition) is 5. The molecule has 0 saturated carbocycles. The number of carbonyl (C=O) groups excluding carboxylic acids is 12. The number of esters is 2. The molecule has 1 aromatic rings. The first-order valence-electron chi connectivity index (χ1n) is 30.5. The van der Waals surface area contributed by atoms with E-state index in [9.17, 15) is 52.7 Å². The van der Waals surface area contributed by atoms with E-state index in [1.54, 1.807) is 62.3 Å². The van der Waals surface area contributed by atoms with E-state index < -0.39 is 191 Å². The molecule has 1 aromatic carbocycles. The van der Waals surface area contributed by atoms with Gasteiger partial charge in [0, 0.05) is 46.8 Å². The van der Waals surface area contributed by atoms with E-state index in [4.69, 9.17) is 24.6 Å². The maximum absolute atomic E-state index is 15.2. The Kier molecular flexibility index (Phi) is 21.1. The van der Waals surface area contributed by atoms with Gasteiger partial charge in [0.1, 0.15) is 71.8 Å². The van der Waals surface area contributed by atoms with Crippen molar-refractivity contribution in [3.8, 4) is 11.5 Å². The Balaban J connectivity index is 1.32. The molecule has 6 aliphatic rings. The second kappa shape index (κ2) is 27.6. The van der Waals surface area contributed by atoms with Crippen LogP contribution in [-0.4, -0.2) is 220 Å². The van der Waals surface area contributed by atoms with Crippen LogP contribution in [0.1, 0.15) is 127 Å². The molecular weight excluding hydrogens is 1170 g/mol. The number of anilines is 1. The molecule has 0 unspecified atom stereocenters. The summed E-state index contributed by atoms with van der Waals surface area (Å²) < 4.78 is 18.3. The lowest BCUT2D eigenvalue weighted by atomic mass is 9.98. The van der Waals surface area contributed by atoms with E-state index in [1.165, 1.54) is 80.7 Å². The molecule has 490 valence electrons. The normalized spacial score (nSPS) is 26.2. The molecule has 0 spiro atoms. The number of nitrogen functional groups attached to an aromatic ring is 1. The molecule has 1 aliphatic carbocycles. The first-order chi connectivity index (χ1) is 42.1. The first kappa shape index (κ1) is 68.8. The predicted molar refractivity (Wildman–Crippen MR) is 325 cm³/mol. The second-order valence-corrected chi connectivity index (χ2v) is 25.5. The van der Waals surface area contributed by atoms with Crippen molar-refractivity contribution in [3.63, 3.8) is 0 Å². The summed E-state index contributed by atoms with van der Waals surface area (Å²) >= 11 is 0. The van der Waals surface area contributed by atoms with Gasteiger partial charge in [0.15, 0.2) is 11.3 Å². The van der Waals surface area contributed by atoms with E-state index in [1.807, 2.05) is 0 Å². The van der Waals surface area contributed by atoms with Crippen molar-refractivity contribution in [3.05, 3.63) is 44.6 Å². The molecule has 4 saturated heterocycles. The van der Waals surface area contributed by atoms with Gasteiger partial charge < -0.3 is 70.3 Å². The van der Waals surface area contributed by atoms with Crippen LogP contribution >= 0.6 is 0 Å². The van der Waals surface area contributed by atoms with Crippen molar-refractivity contribution in [2.45, 2.75) is 169 Å². The van der Waals surface area contributed by atoms with Gasteiger partial charge in [-0.3, -0.25) is 52.7 Å². The predicted octanol–water partition coefficient (Wildman–Crippen LogP) is 0.726. The van der Waals surface area contributed by atoms with Crippen molar-refractivity contribution in [1.82, 2.24) is 55.7 Å². The highest BCUT2D eigenvalue weighted by molar-refractivity contribution is 6.10. The van der Waals surface area contributed by atoms with Crippen molar-refractivity contribution in [2.24, 2.45) is 23.7 Å². The third kappa shape index (κ3) is 13.7. The largest absolute Gasteiger partial charge is 0.458 e. The Morgan fingerprint density at radius 2 is 1.03 bits per heavy atom. The fourth-order valence-electron chi connectivity index (χ4n) is 12.3. The van der Waals surface area contributed by atoms with Crippen molar-refractivity contribution < 1.29 is 71.4 Å². The molecule has 5 aliphatic heterocycles. The third-order valence-corrected chi connectivity index (χ3v) is 17.5. The minimum Gasteiger partial charge on any atom is -0.458 e. The van der Waals surface area contributed by atoms with Gasteiger partial charge in [-0.05, 0) is 88.7 Å². The van der Waals surface area contributed by atoms with Crippen LogP contribution in [-0.2, 0) is 57.4 Å². The number of fused-ring (bicyclic) bond motifs is 4. The molecule has 6 N–H and O–H groups in total. The standard InChI is InChI=1S/C62H86N12O16/c1-27(2)42-59(84)73-23-17-19-36(73)57(82)69(13)25-38(75)71(15)48(29(5)6)61(86)88-33(11)44(55(80)65-42)67-53(78)35-22-21-31(9)51-46(35)64-47-40(41(63)50(77)32(10)52(47)90-51)54(79)68-45-34(12)89-62(87)49(30(7)8)72(16)39(76)26-70(14)58(83)37-20-18-24-74(37)60(85)43(28(3)4)66-56(45)81/h21-22,27-30,33-34,36-37,42-45,48-49H,17-20,23-26,63H2,1-16H3,(H,65,80)(H,66,81)(H,67,78)(H,68,79)/t33-,34+,36-,37+,42-,43-,44+,45-,48+,49-/m0/s1. The molecule has 28 heteroatoms. The molecule has 90 heavy (non-hydrogen) atoms. The molecule has 4 fully saturated rings. The van der Waals surface area contributed by atoms with Gasteiger partial charge in [-0.1, -0.05) is 61.5 Å². The summed E-state index contributed by atoms with van der Waals surface area (Å²) in [7, 11) is 5.59. The number of cyclic esters (lactones) is 2. The lowest BCUT2D eigenvalue weighted by Crippen LogP contribution is -2.61. The monoisotopic (exact) mass is 1250 g/mol. The van der Waals surface area contributed by atoms with Crippen LogP contribution in [0.15, 0.2) is 21.3 Å². The third-order valence-electron chi connectivity index (χ3n) is 17.5. The van der Waals surface area contributed by atoms with Gasteiger partial charge in [-0.2, -0.15) is 0 Å². The Hall–Kier alpha value is -8.72. The number of hydrogen-bond acceptors (Lipinski definition) is 18. The van der Waals surface area contributed by atoms with E-state index in [0.717, 1.165) is 9.80 Å². The number of aryl methyl sites for hydroxylation is 1. The molecular formula is C62H86N12O16. The summed E-state index contributed by atoms with van der Waals surface area (Å²) in [5, 5.41) is 10.7. The summed E-state index contributed by atoms with van der Waals surface area (Å²) in [6.45, 7) is 18.4. The smallest absolute Gasteiger partial charge is 0.329 e. The molecule has 5 heterocycles. The summed E-state index contributed by atoms with van der Waals surface area (Å²) in [6.07, 6.45) is -1.65. The SMILES string of the molecule is Cc1c2oc3c(C)ccc(C(=O)N[C@H]4C(=O)N[C@@H](C(C)C)C(=O)N5CCC[C@H]5C(=O)N(C)CC(=O)N(C)[C@H](C(C)C)C(=O)O[C@H]4C)c3nc-2c(C(=O)N[C@@H]2C(=O)N[C@@H](C(C)C)C(=O)N3CCC[C@@H]3C(=O)N(C)CC(=O)N(C)[C@@H](C(C)C)C(=O)O[C@@H]2C)c(N)c1=O. The average Bonchev–Trinajstić information content (AvgIpc) is 0.893. The van der Waals surface area contributed by atoms with Crippen LogP contribution < -0.4 is 32.4 Å². The number of benzene rings is 2. The van der Waals surface area contributed by atoms with Crippen LogP contribution in [0, 0.1) is 37.5 Å². The maximum atomic E-state index is 15.2. The van der Waals surface area contributed by atoms with Gasteiger partial charge in [-0.25, -0.2) is 14.6 Å². The summed E-state index contributed by atoms with van der Waals surface area (Å²) in [5.41, 5.74) is 3.57. The van der Waals surface area contributed by atoms with Crippen LogP contribution in [0.4, 0.5) is 5.69 Å². The molecule has 7 rings (SSSR count). The summed E-state index contributed by atoms with van der Waals surface area (Å²) in [6, 6.07) is -7.90. The number of aromatic nitrogens is 1. The Morgan fingerprint density at radius 3 is 1.44 bits per heavy atom. The Bertz CT molecular complexity index is 3420. The van der Waals surface area contributed by atoms with Crippen LogP contribution in [0.2, 0.25) is 0 Å². The first-order valence-corrected chi connectivity index (χ1v) is 30.5. The molecule has 28 nitrogen and oxygen atoms in total. The molecule has 0 aromatic heterocycles. The van der Waals surface area contributed by atoms with E-state index >= 15 is 9.59 Å². The number of nitrogens with zero attached hydrogens (tertiary/aromatic N) is 7. The highest BCUT2D eigenvalue weighted by atomic mass is 16.6. The quantitative estimate of drug-likeness (QED) is 0.118. The number of nitrogens with two attached hydrogens (primary N) is 1. The highest BCUT2D eigenvalue weighted by Crippen LogP contribution is 2.35. The number of carbonyl (C=O) groups is 12. The van der Waals surface area contributed by atoms with E-state index in [-0.39, 0.29) is 53.9 Å². The molecule has 0 radical (unpaired) electrons. The van der Waals surface area contributed by atoms with E-state index in [2.05, 4.69) is 21.3 Å². The molecule has 10 atom stereocenters. The minimum absolute atomic E-state index is 0.0763. The summed E-state index contributed by atoms with van der Waals surface area (Å²) in [5.74, 6) is -12.4. The number of ether oxygens (including phenoxy) is 2. The molecule has 10 amide bonds. The lowest BCUT2D eigenvalue weighted by Gasteiger charge is -2.36. The van der Waals surface area contributed by atoms with Crippen molar-refractivity contribution >= 4 is 87.8 Å². The van der Waals surface area contributed by atoms with Crippen molar-refractivity contribution in [2.75, 3.05) is 60.1 Å². The van der Waals surface area contributed by atoms with Gasteiger partial charge in [-0.15, -0.1) is 0 Å². The number of nitrogens with one attached hydrogen (secondary N) is 4. The van der Waals surface area contributed by atoms with Crippen molar-refractivity contribution in [1.29, 1.82) is 0 Å². The zero-order valence-corrected chi connectivity index (χ0v) is 54.1. The number of likely N-dealkylation sites (N-methyl/N-ethyl adjacent to an activating group) is 4. The Labute approximate surface area is 522 Å². The maximum Gasteiger partial charge on any atom is 0.329 e. The van der Waals surface area contributed by atoms with Gasteiger partial charge in [0.05, 0.1) is 29.9 Å². The number of amides is 10. The fourth-order valence-corrected chi connectivity index (χ4v) is 12.3. The van der Waals surface area contributed by atoms with Gasteiger partial charge >= 0.3 is 11.9 Å². The number of rotatable bonds is 8. The van der Waals surface area contributed by atoms with Crippen LogP contribution in [0.3, 0.4) is 0 Å². The van der Waals surface area contributed by atoms with E-state index in [0.29, 0.717) is 18.4 Å². The van der Waals surface area contributed by atoms with Gasteiger partial charge in [0.2, 0.25) is 52.7 Å². The average molecular weight is 1260 g/mol. The van der Waals surface area contributed by atoms with Crippen LogP contribution in [0.25, 0.3) is 22.6 Å². The lowest BCUT2D eigenvalue weighted by molar-refractivity contribution is -0.163. The second-order valence-electron chi connectivity index (χ2n) is 25.5. The Morgan fingerprint density at radius 1 is 0.611 bits per heavy atom. The highest BCUT2D eigenvalue weighted by Gasteiger charge is 2.46. The zero-order chi connectivity index (χ0) is 67.0. The van der Waals surface area contributed by atoms with Gasteiger partial charge in [0.25, 0.3) is 11.8 Å². The zero-order valence-electron chi connectivity index (χ0n) is 54.1. The minimum atomic E-state index is -1.88. The van der Waals surface area contributed by atoms with Crippen LogP contribution in [0.5, 0.6) is 0 Å².